The molecule has 0 saturated carbocycles. The second kappa shape index (κ2) is 6.22. The van der Waals surface area contributed by atoms with Gasteiger partial charge in [0.25, 0.3) is 0 Å². The van der Waals surface area contributed by atoms with Gasteiger partial charge in [0.15, 0.2) is 0 Å². The van der Waals surface area contributed by atoms with Gasteiger partial charge < -0.3 is 10.1 Å². The fraction of sp³-hybridized carbons (Fsp3) is 0.556. The summed E-state index contributed by atoms with van der Waals surface area (Å²) in [6.07, 6.45) is 5.19. The molecule has 0 saturated heterocycles. The van der Waals surface area contributed by atoms with Crippen molar-refractivity contribution >= 4 is 23.3 Å². The molecule has 2 atom stereocenters. The first-order chi connectivity index (χ1) is 11.1. The van der Waals surface area contributed by atoms with Gasteiger partial charge in [0.05, 0.1) is 18.5 Å². The number of carbonyl (C=O) groups is 2. The lowest BCUT2D eigenvalue weighted by atomic mass is 9.89. The Balaban J connectivity index is 2.08. The maximum Gasteiger partial charge on any atom is 0.328 e. The molecule has 1 aliphatic heterocycles. The molecule has 124 valence electrons. The van der Waals surface area contributed by atoms with Crippen molar-refractivity contribution < 1.29 is 14.3 Å². The Hall–Kier alpha value is -2.04. The van der Waals surface area contributed by atoms with Crippen molar-refractivity contribution in [1.29, 1.82) is 0 Å². The first kappa shape index (κ1) is 15.8. The number of methoxy groups -OCH3 is 1. The van der Waals surface area contributed by atoms with E-state index in [1.54, 1.807) is 11.8 Å². The molecule has 1 aromatic carbocycles. The maximum absolute atomic E-state index is 12.8. The number of ether oxygens (including phenoxy) is 1. The molecule has 0 spiro atoms. The Morgan fingerprint density at radius 3 is 2.61 bits per heavy atom. The first-order valence-electron chi connectivity index (χ1n) is 8.40. The summed E-state index contributed by atoms with van der Waals surface area (Å²) >= 11 is 0. The predicted molar refractivity (Wildman–Crippen MR) is 89.7 cm³/mol. The van der Waals surface area contributed by atoms with E-state index < -0.39 is 12.0 Å². The SMILES string of the molecule is CCC1Nc2cc3c(cc2N(C(C)C(=O)OC)C1=O)CCCC3. The van der Waals surface area contributed by atoms with Crippen LogP contribution < -0.4 is 10.2 Å². The molecular formula is C18H24N2O3. The number of hydrogen-bond acceptors (Lipinski definition) is 4. The van der Waals surface area contributed by atoms with Crippen LogP contribution in [0.2, 0.25) is 0 Å². The third-order valence-corrected chi connectivity index (χ3v) is 4.92. The van der Waals surface area contributed by atoms with Crippen molar-refractivity contribution in [2.75, 3.05) is 17.3 Å². The monoisotopic (exact) mass is 316 g/mol. The number of anilines is 2. The van der Waals surface area contributed by atoms with Gasteiger partial charge in [-0.3, -0.25) is 9.69 Å². The highest BCUT2D eigenvalue weighted by molar-refractivity contribution is 6.08. The van der Waals surface area contributed by atoms with E-state index in [2.05, 4.69) is 17.4 Å². The van der Waals surface area contributed by atoms with Gasteiger partial charge >= 0.3 is 5.97 Å². The van der Waals surface area contributed by atoms with Crippen LogP contribution in [0.3, 0.4) is 0 Å². The number of rotatable bonds is 3. The summed E-state index contributed by atoms with van der Waals surface area (Å²) in [5.74, 6) is -0.451. The van der Waals surface area contributed by atoms with E-state index >= 15 is 0 Å². The fourth-order valence-corrected chi connectivity index (χ4v) is 3.58. The zero-order valence-corrected chi connectivity index (χ0v) is 14.0. The van der Waals surface area contributed by atoms with Crippen LogP contribution in [-0.2, 0) is 27.2 Å². The minimum absolute atomic E-state index is 0.0614. The van der Waals surface area contributed by atoms with Gasteiger partial charge in [0.2, 0.25) is 5.91 Å². The first-order valence-corrected chi connectivity index (χ1v) is 8.40. The van der Waals surface area contributed by atoms with Crippen LogP contribution in [0.25, 0.3) is 0 Å². The van der Waals surface area contributed by atoms with Gasteiger partial charge in [0.1, 0.15) is 12.1 Å². The van der Waals surface area contributed by atoms with E-state index in [9.17, 15) is 9.59 Å². The Morgan fingerprint density at radius 1 is 1.35 bits per heavy atom. The number of fused-ring (bicyclic) bond motifs is 2. The fourth-order valence-electron chi connectivity index (χ4n) is 3.58. The van der Waals surface area contributed by atoms with Gasteiger partial charge in [-0.25, -0.2) is 4.79 Å². The Labute approximate surface area is 137 Å². The van der Waals surface area contributed by atoms with Crippen molar-refractivity contribution in [1.82, 2.24) is 0 Å². The second-order valence-corrected chi connectivity index (χ2v) is 6.36. The zero-order chi connectivity index (χ0) is 16.6. The minimum atomic E-state index is -0.621. The molecule has 1 heterocycles. The molecule has 0 bridgehead atoms. The molecule has 1 amide bonds. The standard InChI is InChI=1S/C18H24N2O3/c1-4-14-17(21)20(11(2)18(22)23-3)16-10-13-8-6-5-7-12(13)9-15(16)19-14/h9-11,14,19H,4-8H2,1-3H3. The van der Waals surface area contributed by atoms with E-state index in [4.69, 9.17) is 4.74 Å². The molecule has 1 aliphatic carbocycles. The number of nitrogens with one attached hydrogen (secondary N) is 1. The summed E-state index contributed by atoms with van der Waals surface area (Å²) in [5.41, 5.74) is 4.41. The third-order valence-electron chi connectivity index (χ3n) is 4.92. The lowest BCUT2D eigenvalue weighted by Crippen LogP contribution is -2.53. The van der Waals surface area contributed by atoms with E-state index in [-0.39, 0.29) is 11.9 Å². The normalized spacial score (nSPS) is 21.1. The number of carbonyl (C=O) groups excluding carboxylic acids is 2. The van der Waals surface area contributed by atoms with Gasteiger partial charge in [-0.05, 0) is 62.3 Å². The van der Waals surface area contributed by atoms with Crippen molar-refractivity contribution in [2.24, 2.45) is 0 Å². The maximum atomic E-state index is 12.8. The van der Waals surface area contributed by atoms with Gasteiger partial charge in [-0.15, -0.1) is 0 Å². The number of amides is 1. The van der Waals surface area contributed by atoms with E-state index in [0.29, 0.717) is 6.42 Å². The van der Waals surface area contributed by atoms with Crippen LogP contribution in [-0.4, -0.2) is 31.1 Å². The Bertz CT molecular complexity index is 641. The lowest BCUT2D eigenvalue weighted by Gasteiger charge is -2.38. The van der Waals surface area contributed by atoms with Crippen molar-refractivity contribution in [3.05, 3.63) is 23.3 Å². The number of benzene rings is 1. The zero-order valence-electron chi connectivity index (χ0n) is 14.0. The van der Waals surface area contributed by atoms with Crippen LogP contribution >= 0.6 is 0 Å². The summed E-state index contributed by atoms with van der Waals surface area (Å²) in [6, 6.07) is 3.33. The molecule has 5 heteroatoms. The van der Waals surface area contributed by atoms with Crippen LogP contribution in [0, 0.1) is 0 Å². The van der Waals surface area contributed by atoms with Gasteiger partial charge in [0, 0.05) is 0 Å². The molecule has 3 rings (SSSR count). The van der Waals surface area contributed by atoms with Gasteiger partial charge in [-0.1, -0.05) is 6.92 Å². The predicted octanol–water partition coefficient (Wildman–Crippen LogP) is 2.66. The Morgan fingerprint density at radius 2 is 2.00 bits per heavy atom. The summed E-state index contributed by atoms with van der Waals surface area (Å²) in [6.45, 7) is 3.70. The highest BCUT2D eigenvalue weighted by Crippen LogP contribution is 2.38. The molecule has 2 unspecified atom stereocenters. The largest absolute Gasteiger partial charge is 0.467 e. The number of aryl methyl sites for hydroxylation is 2. The van der Waals surface area contributed by atoms with E-state index in [1.807, 2.05) is 6.92 Å². The van der Waals surface area contributed by atoms with Crippen molar-refractivity contribution in [3.63, 3.8) is 0 Å². The highest BCUT2D eigenvalue weighted by atomic mass is 16.5. The van der Waals surface area contributed by atoms with Crippen LogP contribution in [0.15, 0.2) is 12.1 Å². The average molecular weight is 316 g/mol. The second-order valence-electron chi connectivity index (χ2n) is 6.36. The molecule has 2 aliphatic rings. The number of hydrogen-bond donors (Lipinski definition) is 1. The van der Waals surface area contributed by atoms with Crippen LogP contribution in [0.1, 0.15) is 44.2 Å². The van der Waals surface area contributed by atoms with Crippen molar-refractivity contribution in [2.45, 2.75) is 58.0 Å². The molecule has 1 N–H and O–H groups in total. The van der Waals surface area contributed by atoms with Crippen LogP contribution in [0.4, 0.5) is 11.4 Å². The molecule has 1 aromatic rings. The quantitative estimate of drug-likeness (QED) is 0.871. The molecular weight excluding hydrogens is 292 g/mol. The Kier molecular flexibility index (Phi) is 4.28. The minimum Gasteiger partial charge on any atom is -0.467 e. The van der Waals surface area contributed by atoms with Crippen molar-refractivity contribution in [3.8, 4) is 0 Å². The van der Waals surface area contributed by atoms with E-state index in [0.717, 1.165) is 24.2 Å². The molecule has 0 radical (unpaired) electrons. The molecule has 0 fully saturated rings. The van der Waals surface area contributed by atoms with Gasteiger partial charge in [-0.2, -0.15) is 0 Å². The van der Waals surface area contributed by atoms with E-state index in [1.165, 1.54) is 31.1 Å². The average Bonchev–Trinajstić information content (AvgIpc) is 2.58. The van der Waals surface area contributed by atoms with Crippen LogP contribution in [0.5, 0.6) is 0 Å². The summed E-state index contributed by atoms with van der Waals surface area (Å²) < 4.78 is 4.86. The smallest absolute Gasteiger partial charge is 0.328 e. The molecule has 0 aromatic heterocycles. The molecule has 23 heavy (non-hydrogen) atoms. The topological polar surface area (TPSA) is 58.6 Å². The summed E-state index contributed by atoms with van der Waals surface area (Å²) in [4.78, 5) is 26.4. The number of nitrogens with zero attached hydrogens (tertiary/aromatic N) is 1. The third kappa shape index (κ3) is 2.69. The highest BCUT2D eigenvalue weighted by Gasteiger charge is 2.37. The lowest BCUT2D eigenvalue weighted by molar-refractivity contribution is -0.143. The molecule has 5 nitrogen and oxygen atoms in total. The summed E-state index contributed by atoms with van der Waals surface area (Å²) in [7, 11) is 1.36. The number of esters is 1. The summed E-state index contributed by atoms with van der Waals surface area (Å²) in [5, 5.41) is 3.35.